The maximum absolute atomic E-state index is 5.65. The highest BCUT2D eigenvalue weighted by Crippen LogP contribution is 2.37. The largest absolute Gasteiger partial charge is 0.373 e. The Bertz CT molecular complexity index is 1060. The first-order valence-electron chi connectivity index (χ1n) is 13.4. The normalized spacial score (nSPS) is 18.5. The first-order chi connectivity index (χ1) is 17.3. The molecule has 1 nitrogen and oxygen atoms in total. The summed E-state index contributed by atoms with van der Waals surface area (Å²) in [6, 6.07) is 27.0. The molecule has 0 amide bonds. The van der Waals surface area contributed by atoms with Crippen LogP contribution in [0.3, 0.4) is 0 Å². The van der Waals surface area contributed by atoms with Gasteiger partial charge in [-0.2, -0.15) is 0 Å². The lowest BCUT2D eigenvalue weighted by Gasteiger charge is -2.27. The van der Waals surface area contributed by atoms with E-state index in [4.69, 9.17) is 4.74 Å². The molecule has 35 heavy (non-hydrogen) atoms. The van der Waals surface area contributed by atoms with Crippen LogP contribution >= 0.6 is 0 Å². The van der Waals surface area contributed by atoms with Crippen LogP contribution in [-0.4, -0.2) is 6.61 Å². The fourth-order valence-electron chi connectivity index (χ4n) is 5.04. The zero-order valence-electron chi connectivity index (χ0n) is 21.5. The van der Waals surface area contributed by atoms with E-state index in [9.17, 15) is 0 Å². The summed E-state index contributed by atoms with van der Waals surface area (Å²) in [7, 11) is 0. The summed E-state index contributed by atoms with van der Waals surface area (Å²) < 4.78 is 5.65. The van der Waals surface area contributed by atoms with Gasteiger partial charge in [0.2, 0.25) is 0 Å². The fourth-order valence-corrected chi connectivity index (χ4v) is 5.04. The Balaban J connectivity index is 1.32. The van der Waals surface area contributed by atoms with Crippen LogP contribution in [0.5, 0.6) is 0 Å². The van der Waals surface area contributed by atoms with Crippen molar-refractivity contribution in [2.45, 2.75) is 64.9 Å². The maximum atomic E-state index is 5.65. The van der Waals surface area contributed by atoms with Crippen LogP contribution in [0.15, 0.2) is 97.1 Å². The summed E-state index contributed by atoms with van der Waals surface area (Å²) in [6.45, 7) is 5.58. The molecule has 1 heteroatoms. The number of benzene rings is 3. The first kappa shape index (κ1) is 25.2. The van der Waals surface area contributed by atoms with Gasteiger partial charge >= 0.3 is 0 Å². The molecular weight excluding hydrogens is 424 g/mol. The minimum atomic E-state index is 0.650. The van der Waals surface area contributed by atoms with Crippen LogP contribution < -0.4 is 0 Å². The number of rotatable bonds is 10. The van der Waals surface area contributed by atoms with E-state index in [1.165, 1.54) is 71.9 Å². The molecule has 182 valence electrons. The zero-order valence-corrected chi connectivity index (χ0v) is 21.5. The van der Waals surface area contributed by atoms with Gasteiger partial charge < -0.3 is 4.74 Å². The third kappa shape index (κ3) is 7.29. The van der Waals surface area contributed by atoms with Gasteiger partial charge in [-0.3, -0.25) is 0 Å². The van der Waals surface area contributed by atoms with Crippen molar-refractivity contribution >= 4 is 0 Å². The molecule has 1 saturated carbocycles. The van der Waals surface area contributed by atoms with Gasteiger partial charge in [0.25, 0.3) is 0 Å². The standard InChI is InChI=1S/C34H40O/c1-3-5-7-8-27-9-13-29(14-10-27)31-17-21-33(22-18-31)34-23-19-32(20-24-34)30-15-11-28(12-16-30)26-35-25-6-4-2/h4,6-8,11-12,15-24,27,29H,3,5,9-10,13-14,25-26H2,1-2H3/b6-4?,8-7+. The Morgan fingerprint density at radius 2 is 1.26 bits per heavy atom. The van der Waals surface area contributed by atoms with Gasteiger partial charge in [0, 0.05) is 0 Å². The third-order valence-corrected chi connectivity index (χ3v) is 7.24. The minimum absolute atomic E-state index is 0.650. The third-order valence-electron chi connectivity index (χ3n) is 7.24. The SMILES string of the molecule is CC=CCOCc1ccc(-c2ccc(-c3ccc(C4CCC(/C=C/CCC)CC4)cc3)cc2)cc1. The van der Waals surface area contributed by atoms with Gasteiger partial charge in [-0.05, 0) is 84.2 Å². The molecule has 0 spiro atoms. The second-order valence-corrected chi connectivity index (χ2v) is 9.81. The molecule has 4 rings (SSSR count). The van der Waals surface area contributed by atoms with E-state index in [2.05, 4.69) is 91.9 Å². The van der Waals surface area contributed by atoms with Crippen molar-refractivity contribution in [1.82, 2.24) is 0 Å². The van der Waals surface area contributed by atoms with E-state index in [-0.39, 0.29) is 0 Å². The van der Waals surface area contributed by atoms with Gasteiger partial charge in [-0.1, -0.05) is 110 Å². The lowest BCUT2D eigenvalue weighted by molar-refractivity contribution is 0.148. The van der Waals surface area contributed by atoms with E-state index < -0.39 is 0 Å². The Morgan fingerprint density at radius 1 is 0.714 bits per heavy atom. The molecule has 0 aromatic heterocycles. The molecule has 1 aliphatic rings. The molecular formula is C34H40O. The lowest BCUT2D eigenvalue weighted by Crippen LogP contribution is -2.11. The van der Waals surface area contributed by atoms with Crippen LogP contribution in [0.25, 0.3) is 22.3 Å². The van der Waals surface area contributed by atoms with E-state index in [1.807, 2.05) is 19.1 Å². The maximum Gasteiger partial charge on any atom is 0.0721 e. The second-order valence-electron chi connectivity index (χ2n) is 9.81. The van der Waals surface area contributed by atoms with Gasteiger partial charge in [-0.15, -0.1) is 0 Å². The van der Waals surface area contributed by atoms with E-state index in [0.29, 0.717) is 13.2 Å². The number of hydrogen-bond donors (Lipinski definition) is 0. The number of hydrogen-bond acceptors (Lipinski definition) is 1. The Hall–Kier alpha value is -2.90. The average molecular weight is 465 g/mol. The summed E-state index contributed by atoms with van der Waals surface area (Å²) in [5.74, 6) is 1.52. The molecule has 1 fully saturated rings. The first-order valence-corrected chi connectivity index (χ1v) is 13.4. The van der Waals surface area contributed by atoms with Crippen molar-refractivity contribution in [3.8, 4) is 22.3 Å². The Kier molecular flexibility index (Phi) is 9.55. The molecule has 1 aliphatic carbocycles. The Labute approximate surface area is 212 Å². The molecule has 3 aromatic rings. The molecule has 0 atom stereocenters. The van der Waals surface area contributed by atoms with Crippen LogP contribution in [0.1, 0.15) is 69.4 Å². The quantitative estimate of drug-likeness (QED) is 0.214. The Morgan fingerprint density at radius 3 is 1.80 bits per heavy atom. The van der Waals surface area contributed by atoms with Crippen molar-refractivity contribution in [2.24, 2.45) is 5.92 Å². The van der Waals surface area contributed by atoms with Crippen LogP contribution in [0, 0.1) is 5.92 Å². The molecule has 0 unspecified atom stereocenters. The van der Waals surface area contributed by atoms with Gasteiger partial charge in [0.05, 0.1) is 13.2 Å². The summed E-state index contributed by atoms with van der Waals surface area (Å²) >= 11 is 0. The van der Waals surface area contributed by atoms with Crippen LogP contribution in [-0.2, 0) is 11.3 Å². The predicted molar refractivity (Wildman–Crippen MR) is 151 cm³/mol. The minimum Gasteiger partial charge on any atom is -0.373 e. The van der Waals surface area contributed by atoms with E-state index in [1.54, 1.807) is 0 Å². The zero-order chi connectivity index (χ0) is 24.3. The highest BCUT2D eigenvalue weighted by Gasteiger charge is 2.20. The van der Waals surface area contributed by atoms with Crippen molar-refractivity contribution in [3.05, 3.63) is 108 Å². The average Bonchev–Trinajstić information content (AvgIpc) is 2.92. The van der Waals surface area contributed by atoms with E-state index >= 15 is 0 Å². The van der Waals surface area contributed by atoms with Crippen molar-refractivity contribution in [3.63, 3.8) is 0 Å². The fraction of sp³-hybridized carbons (Fsp3) is 0.353. The number of unbranched alkanes of at least 4 members (excludes halogenated alkanes) is 1. The molecule has 0 heterocycles. The summed E-state index contributed by atoms with van der Waals surface area (Å²) in [4.78, 5) is 0. The number of allylic oxidation sites excluding steroid dienone is 3. The van der Waals surface area contributed by atoms with Gasteiger partial charge in [0.15, 0.2) is 0 Å². The molecule has 0 bridgehead atoms. The summed E-state index contributed by atoms with van der Waals surface area (Å²) in [6.07, 6.45) is 16.7. The topological polar surface area (TPSA) is 9.23 Å². The summed E-state index contributed by atoms with van der Waals surface area (Å²) in [5.41, 5.74) is 7.78. The van der Waals surface area contributed by atoms with Crippen LogP contribution in [0.4, 0.5) is 0 Å². The van der Waals surface area contributed by atoms with Crippen LogP contribution in [0.2, 0.25) is 0 Å². The number of ether oxygens (including phenoxy) is 1. The predicted octanol–water partition coefficient (Wildman–Crippen LogP) is 9.74. The lowest BCUT2D eigenvalue weighted by atomic mass is 9.78. The molecule has 0 saturated heterocycles. The molecule has 0 aliphatic heterocycles. The monoisotopic (exact) mass is 464 g/mol. The molecule has 3 aromatic carbocycles. The van der Waals surface area contributed by atoms with Gasteiger partial charge in [-0.25, -0.2) is 0 Å². The van der Waals surface area contributed by atoms with Crippen molar-refractivity contribution < 1.29 is 4.74 Å². The smallest absolute Gasteiger partial charge is 0.0721 e. The highest BCUT2D eigenvalue weighted by atomic mass is 16.5. The van der Waals surface area contributed by atoms with Gasteiger partial charge in [0.1, 0.15) is 0 Å². The van der Waals surface area contributed by atoms with Crippen molar-refractivity contribution in [2.75, 3.05) is 6.61 Å². The second kappa shape index (κ2) is 13.3. The summed E-state index contributed by atoms with van der Waals surface area (Å²) in [5, 5.41) is 0. The molecule has 0 N–H and O–H groups in total. The highest BCUT2D eigenvalue weighted by molar-refractivity contribution is 5.70. The van der Waals surface area contributed by atoms with E-state index in [0.717, 1.165) is 11.8 Å². The molecule has 0 radical (unpaired) electrons. The van der Waals surface area contributed by atoms with Crippen molar-refractivity contribution in [1.29, 1.82) is 0 Å².